The number of phenols is 1. The quantitative estimate of drug-likeness (QED) is 0.379. The standard InChI is InChI=1S/C20H23Cl2FN2O4.CH4/c1-9(2)7-13(20(27)28)24-19-16(22)17(15(21)18(23)25-19)29-11-5-6-14(26)12(8-11)10(3)4;/h5-6,8-10,13,26H,7H2,1-4H3,(H,24,25)(H,27,28);1H4/t13-;/m1./s1. The summed E-state index contributed by atoms with van der Waals surface area (Å²) in [5, 5.41) is 21.4. The normalized spacial score (nSPS) is 11.9. The number of anilines is 1. The average molecular weight is 461 g/mol. The number of rotatable bonds is 8. The first-order chi connectivity index (χ1) is 13.5. The SMILES string of the molecule is C.CC(C)C[C@@H](Nc1nc(F)c(Cl)c(Oc2ccc(O)c(C(C)C)c2)c1Cl)C(=O)O. The van der Waals surface area contributed by atoms with Crippen LogP contribution in [0.25, 0.3) is 0 Å². The second kappa shape index (κ2) is 10.7. The van der Waals surface area contributed by atoms with Gasteiger partial charge >= 0.3 is 5.97 Å². The van der Waals surface area contributed by atoms with Gasteiger partial charge < -0.3 is 20.3 Å². The van der Waals surface area contributed by atoms with Gasteiger partial charge in [-0.05, 0) is 36.5 Å². The molecule has 166 valence electrons. The first kappa shape index (κ1) is 25.8. The van der Waals surface area contributed by atoms with Crippen molar-refractivity contribution in [2.75, 3.05) is 5.32 Å². The fraction of sp³-hybridized carbons (Fsp3) is 0.429. The van der Waals surface area contributed by atoms with Crippen LogP contribution in [0.1, 0.15) is 53.0 Å². The number of phenolic OH excluding ortho intramolecular Hbond substituents is 1. The highest BCUT2D eigenvalue weighted by molar-refractivity contribution is 6.38. The van der Waals surface area contributed by atoms with Crippen molar-refractivity contribution in [3.8, 4) is 17.2 Å². The summed E-state index contributed by atoms with van der Waals surface area (Å²) in [5.41, 5.74) is 0.630. The van der Waals surface area contributed by atoms with Crippen LogP contribution >= 0.6 is 23.2 Å². The summed E-state index contributed by atoms with van der Waals surface area (Å²) in [6.45, 7) is 7.52. The number of benzene rings is 1. The Balaban J connectivity index is 0.00000450. The van der Waals surface area contributed by atoms with Crippen molar-refractivity contribution >= 4 is 35.0 Å². The number of carboxylic acid groups (broad SMARTS) is 1. The maximum atomic E-state index is 14.3. The van der Waals surface area contributed by atoms with Gasteiger partial charge in [-0.25, -0.2) is 4.79 Å². The van der Waals surface area contributed by atoms with E-state index >= 15 is 0 Å². The molecule has 30 heavy (non-hydrogen) atoms. The van der Waals surface area contributed by atoms with Crippen LogP contribution in [0.2, 0.25) is 10.0 Å². The molecule has 9 heteroatoms. The number of halogens is 3. The van der Waals surface area contributed by atoms with E-state index in [4.69, 9.17) is 27.9 Å². The molecule has 0 saturated heterocycles. The lowest BCUT2D eigenvalue weighted by Gasteiger charge is -2.19. The lowest BCUT2D eigenvalue weighted by atomic mass is 10.0. The van der Waals surface area contributed by atoms with Crippen molar-refractivity contribution in [3.05, 3.63) is 39.8 Å². The third-order valence-electron chi connectivity index (χ3n) is 4.15. The van der Waals surface area contributed by atoms with Crippen molar-refractivity contribution in [2.45, 2.75) is 53.5 Å². The van der Waals surface area contributed by atoms with E-state index in [0.29, 0.717) is 5.56 Å². The molecule has 0 saturated carbocycles. The van der Waals surface area contributed by atoms with E-state index < -0.39 is 23.0 Å². The third kappa shape index (κ3) is 6.12. The molecule has 0 spiro atoms. The molecule has 1 atom stereocenters. The number of carboxylic acids is 1. The molecule has 0 unspecified atom stereocenters. The Morgan fingerprint density at radius 1 is 1.23 bits per heavy atom. The van der Waals surface area contributed by atoms with Gasteiger partial charge in [-0.15, -0.1) is 0 Å². The summed E-state index contributed by atoms with van der Waals surface area (Å²) in [7, 11) is 0. The topological polar surface area (TPSA) is 91.7 Å². The van der Waals surface area contributed by atoms with Crippen LogP contribution in [0, 0.1) is 11.9 Å². The van der Waals surface area contributed by atoms with Crippen molar-refractivity contribution in [1.29, 1.82) is 0 Å². The van der Waals surface area contributed by atoms with E-state index in [9.17, 15) is 19.4 Å². The highest BCUT2D eigenvalue weighted by Crippen LogP contribution is 2.42. The van der Waals surface area contributed by atoms with Crippen LogP contribution < -0.4 is 10.1 Å². The Labute approximate surface area is 186 Å². The predicted molar refractivity (Wildman–Crippen MR) is 118 cm³/mol. The Hall–Kier alpha value is -2.25. The Kier molecular flexibility index (Phi) is 9.18. The zero-order chi connectivity index (χ0) is 21.9. The maximum Gasteiger partial charge on any atom is 0.326 e. The van der Waals surface area contributed by atoms with Gasteiger partial charge in [-0.3, -0.25) is 0 Å². The summed E-state index contributed by atoms with van der Waals surface area (Å²) in [6, 6.07) is 3.51. The van der Waals surface area contributed by atoms with Gasteiger partial charge in [0.1, 0.15) is 27.6 Å². The van der Waals surface area contributed by atoms with Gasteiger partial charge in [0.05, 0.1) is 0 Å². The summed E-state index contributed by atoms with van der Waals surface area (Å²) in [4.78, 5) is 15.1. The highest BCUT2D eigenvalue weighted by atomic mass is 35.5. The molecule has 3 N–H and O–H groups in total. The van der Waals surface area contributed by atoms with Crippen molar-refractivity contribution in [2.24, 2.45) is 5.92 Å². The first-order valence-electron chi connectivity index (χ1n) is 9.05. The van der Waals surface area contributed by atoms with Gasteiger partial charge in [0, 0.05) is 5.56 Å². The average Bonchev–Trinajstić information content (AvgIpc) is 2.63. The number of ether oxygens (including phenoxy) is 1. The summed E-state index contributed by atoms with van der Waals surface area (Å²) in [6.07, 6.45) is 0.281. The number of carbonyl (C=O) groups is 1. The Morgan fingerprint density at radius 3 is 2.40 bits per heavy atom. The molecule has 0 radical (unpaired) electrons. The van der Waals surface area contributed by atoms with Crippen LogP contribution in [0.3, 0.4) is 0 Å². The number of aliphatic carboxylic acids is 1. The fourth-order valence-electron chi connectivity index (χ4n) is 2.71. The minimum absolute atomic E-state index is 0. The van der Waals surface area contributed by atoms with Gasteiger partial charge in [-0.2, -0.15) is 9.37 Å². The van der Waals surface area contributed by atoms with Gasteiger partial charge in [-0.1, -0.05) is 58.3 Å². The van der Waals surface area contributed by atoms with E-state index in [1.165, 1.54) is 12.1 Å². The first-order valence-corrected chi connectivity index (χ1v) is 9.81. The molecular weight excluding hydrogens is 434 g/mol. The Bertz CT molecular complexity index is 907. The molecule has 2 rings (SSSR count). The second-order valence-corrected chi connectivity index (χ2v) is 8.11. The molecule has 0 aliphatic carbocycles. The zero-order valence-electron chi connectivity index (χ0n) is 16.5. The maximum absolute atomic E-state index is 14.3. The molecule has 6 nitrogen and oxygen atoms in total. The Morgan fingerprint density at radius 2 is 1.87 bits per heavy atom. The molecule has 0 amide bonds. The van der Waals surface area contributed by atoms with Gasteiger partial charge in [0.2, 0.25) is 5.95 Å². The number of aromatic hydroxyl groups is 1. The van der Waals surface area contributed by atoms with Crippen LogP contribution in [-0.4, -0.2) is 27.2 Å². The molecule has 0 aliphatic heterocycles. The number of hydrogen-bond donors (Lipinski definition) is 3. The van der Waals surface area contributed by atoms with Crippen LogP contribution in [0.4, 0.5) is 10.2 Å². The predicted octanol–water partition coefficient (Wildman–Crippen LogP) is 6.70. The molecular formula is C21H27Cl2FN2O4. The monoisotopic (exact) mass is 460 g/mol. The van der Waals surface area contributed by atoms with E-state index in [1.807, 2.05) is 27.7 Å². The third-order valence-corrected chi connectivity index (χ3v) is 4.83. The van der Waals surface area contributed by atoms with Crippen molar-refractivity contribution < 1.29 is 24.1 Å². The van der Waals surface area contributed by atoms with Crippen LogP contribution in [-0.2, 0) is 4.79 Å². The van der Waals surface area contributed by atoms with Crippen molar-refractivity contribution in [3.63, 3.8) is 0 Å². The second-order valence-electron chi connectivity index (χ2n) is 7.35. The number of nitrogens with one attached hydrogen (secondary N) is 1. The molecule has 0 bridgehead atoms. The molecule has 1 aromatic carbocycles. The molecule has 2 aromatic rings. The number of hydrogen-bond acceptors (Lipinski definition) is 5. The van der Waals surface area contributed by atoms with Gasteiger partial charge in [0.25, 0.3) is 0 Å². The lowest BCUT2D eigenvalue weighted by Crippen LogP contribution is -2.31. The number of nitrogens with zero attached hydrogens (tertiary/aromatic N) is 1. The van der Waals surface area contributed by atoms with E-state index in [1.54, 1.807) is 6.07 Å². The molecule has 1 aromatic heterocycles. The smallest absolute Gasteiger partial charge is 0.326 e. The van der Waals surface area contributed by atoms with Crippen molar-refractivity contribution in [1.82, 2.24) is 4.98 Å². The molecule has 1 heterocycles. The molecule has 0 fully saturated rings. The summed E-state index contributed by atoms with van der Waals surface area (Å²) < 4.78 is 20.0. The van der Waals surface area contributed by atoms with E-state index in [2.05, 4.69) is 10.3 Å². The van der Waals surface area contributed by atoms with E-state index in [0.717, 1.165) is 0 Å². The number of pyridine rings is 1. The minimum atomic E-state index is -1.12. The highest BCUT2D eigenvalue weighted by Gasteiger charge is 2.25. The summed E-state index contributed by atoms with van der Waals surface area (Å²) in [5.74, 6) is -2.07. The molecule has 0 aliphatic rings. The van der Waals surface area contributed by atoms with Crippen LogP contribution in [0.15, 0.2) is 18.2 Å². The lowest BCUT2D eigenvalue weighted by molar-refractivity contribution is -0.138. The largest absolute Gasteiger partial charge is 0.508 e. The van der Waals surface area contributed by atoms with E-state index in [-0.39, 0.29) is 53.8 Å². The van der Waals surface area contributed by atoms with Crippen LogP contribution in [0.5, 0.6) is 17.2 Å². The summed E-state index contributed by atoms with van der Waals surface area (Å²) >= 11 is 12.3. The number of aromatic nitrogens is 1. The fourth-order valence-corrected chi connectivity index (χ4v) is 3.17. The van der Waals surface area contributed by atoms with Gasteiger partial charge in [0.15, 0.2) is 11.6 Å². The zero-order valence-corrected chi connectivity index (χ0v) is 18.0. The minimum Gasteiger partial charge on any atom is -0.508 e.